The molecule has 18 heavy (non-hydrogen) atoms. The second-order valence-electron chi connectivity index (χ2n) is 3.82. The van der Waals surface area contributed by atoms with Crippen LogP contribution in [0.4, 0.5) is 0 Å². The highest BCUT2D eigenvalue weighted by atomic mass is 35.5. The summed E-state index contributed by atoms with van der Waals surface area (Å²) < 4.78 is 0. The van der Waals surface area contributed by atoms with Crippen molar-refractivity contribution < 1.29 is 9.59 Å². The number of carbonyl (C=O) groups excluding carboxylic acids is 2. The fraction of sp³-hybridized carbons (Fsp3) is 0.143. The Labute approximate surface area is 115 Å². The number of hydrogen-bond donors (Lipinski definition) is 0. The maximum atomic E-state index is 11.7. The smallest absolute Gasteiger partial charge is 0.178 e. The van der Waals surface area contributed by atoms with Gasteiger partial charge in [0.15, 0.2) is 11.6 Å². The highest BCUT2D eigenvalue weighted by Gasteiger charge is 2.13. The van der Waals surface area contributed by atoms with Gasteiger partial charge in [-0.2, -0.15) is 0 Å². The normalized spacial score (nSPS) is 10.6. The molecular weight excluding hydrogens is 271 g/mol. The van der Waals surface area contributed by atoms with Crippen LogP contribution in [0.25, 0.3) is 10.8 Å². The average Bonchev–Trinajstić information content (AvgIpc) is 2.44. The molecule has 0 spiro atoms. The van der Waals surface area contributed by atoms with Crippen LogP contribution in [-0.2, 0) is 0 Å². The Morgan fingerprint density at radius 2 is 1.17 bits per heavy atom. The summed E-state index contributed by atoms with van der Waals surface area (Å²) >= 11 is 11.2. The second-order valence-corrected chi connectivity index (χ2v) is 4.35. The van der Waals surface area contributed by atoms with Crippen molar-refractivity contribution in [2.45, 2.75) is 0 Å². The fourth-order valence-corrected chi connectivity index (χ4v) is 2.23. The third kappa shape index (κ3) is 2.26. The molecule has 2 aromatic rings. The maximum absolute atomic E-state index is 11.7. The molecule has 0 aliphatic rings. The number of ketones is 2. The van der Waals surface area contributed by atoms with Crippen molar-refractivity contribution in [2.24, 2.45) is 0 Å². The molecule has 2 nitrogen and oxygen atoms in total. The summed E-state index contributed by atoms with van der Waals surface area (Å²) in [5.74, 6) is -0.463. The van der Waals surface area contributed by atoms with Crippen molar-refractivity contribution in [1.82, 2.24) is 0 Å². The average molecular weight is 281 g/mol. The molecule has 4 heteroatoms. The summed E-state index contributed by atoms with van der Waals surface area (Å²) in [7, 11) is 0. The Kier molecular flexibility index (Phi) is 4.00. The molecule has 0 aliphatic heterocycles. The van der Waals surface area contributed by atoms with Crippen LogP contribution in [0.1, 0.15) is 20.7 Å². The van der Waals surface area contributed by atoms with Crippen LogP contribution in [0.15, 0.2) is 36.4 Å². The number of fused-ring (bicyclic) bond motifs is 1. The van der Waals surface area contributed by atoms with Crippen molar-refractivity contribution in [3.8, 4) is 0 Å². The summed E-state index contributed by atoms with van der Waals surface area (Å²) in [5.41, 5.74) is 1.07. The van der Waals surface area contributed by atoms with E-state index in [9.17, 15) is 9.59 Å². The van der Waals surface area contributed by atoms with Crippen LogP contribution in [0.5, 0.6) is 0 Å². The first-order valence-corrected chi connectivity index (χ1v) is 6.46. The molecule has 92 valence electrons. The zero-order valence-corrected chi connectivity index (χ0v) is 11.0. The maximum Gasteiger partial charge on any atom is 0.178 e. The molecule has 0 fully saturated rings. The van der Waals surface area contributed by atoms with Crippen LogP contribution >= 0.6 is 23.2 Å². The highest BCUT2D eigenvalue weighted by molar-refractivity contribution is 6.33. The predicted molar refractivity (Wildman–Crippen MR) is 74.0 cm³/mol. The number of hydrogen-bond acceptors (Lipinski definition) is 2. The molecule has 0 saturated heterocycles. The van der Waals surface area contributed by atoms with E-state index in [1.54, 1.807) is 36.4 Å². The van der Waals surface area contributed by atoms with E-state index < -0.39 is 0 Å². The number of carbonyl (C=O) groups is 2. The molecule has 0 saturated carbocycles. The van der Waals surface area contributed by atoms with Crippen LogP contribution < -0.4 is 0 Å². The Balaban J connectivity index is 2.73. The van der Waals surface area contributed by atoms with E-state index >= 15 is 0 Å². The van der Waals surface area contributed by atoms with Gasteiger partial charge in [-0.25, -0.2) is 0 Å². The molecule has 0 bridgehead atoms. The van der Waals surface area contributed by atoms with Gasteiger partial charge < -0.3 is 0 Å². The Hall–Kier alpha value is -1.38. The van der Waals surface area contributed by atoms with Crippen molar-refractivity contribution in [3.63, 3.8) is 0 Å². The molecule has 2 rings (SSSR count). The van der Waals surface area contributed by atoms with E-state index in [1.807, 2.05) is 0 Å². The first-order valence-electron chi connectivity index (χ1n) is 5.39. The Bertz CT molecular complexity index is 565. The summed E-state index contributed by atoms with van der Waals surface area (Å²) in [6.45, 7) is 0. The lowest BCUT2D eigenvalue weighted by Crippen LogP contribution is -2.04. The fourth-order valence-electron chi connectivity index (χ4n) is 1.94. The molecule has 0 atom stereocenters. The minimum Gasteiger partial charge on any atom is -0.293 e. The molecule has 0 aliphatic carbocycles. The quantitative estimate of drug-likeness (QED) is 0.632. The van der Waals surface area contributed by atoms with Crippen molar-refractivity contribution in [1.29, 1.82) is 0 Å². The first kappa shape index (κ1) is 13.1. The minimum absolute atomic E-state index is 0.0766. The van der Waals surface area contributed by atoms with Crippen molar-refractivity contribution in [2.75, 3.05) is 11.8 Å². The van der Waals surface area contributed by atoms with Crippen LogP contribution in [-0.4, -0.2) is 23.3 Å². The third-order valence-corrected chi connectivity index (χ3v) is 3.25. The molecule has 0 radical (unpaired) electrons. The summed E-state index contributed by atoms with van der Waals surface area (Å²) in [6.07, 6.45) is 0. The molecule has 0 amide bonds. The van der Waals surface area contributed by atoms with Crippen molar-refractivity contribution >= 4 is 45.5 Å². The van der Waals surface area contributed by atoms with Gasteiger partial charge in [-0.3, -0.25) is 9.59 Å². The largest absolute Gasteiger partial charge is 0.293 e. The van der Waals surface area contributed by atoms with Gasteiger partial charge in [-0.1, -0.05) is 36.4 Å². The zero-order chi connectivity index (χ0) is 13.1. The van der Waals surface area contributed by atoms with Crippen molar-refractivity contribution in [3.05, 3.63) is 47.5 Å². The van der Waals surface area contributed by atoms with Gasteiger partial charge in [0.1, 0.15) is 0 Å². The van der Waals surface area contributed by atoms with E-state index in [2.05, 4.69) is 0 Å². The van der Waals surface area contributed by atoms with E-state index in [-0.39, 0.29) is 23.3 Å². The van der Waals surface area contributed by atoms with E-state index in [4.69, 9.17) is 23.2 Å². The Morgan fingerprint density at radius 1 is 0.778 bits per heavy atom. The molecule has 0 unspecified atom stereocenters. The number of halogens is 2. The lowest BCUT2D eigenvalue weighted by Gasteiger charge is -2.07. The number of rotatable bonds is 4. The monoisotopic (exact) mass is 280 g/mol. The van der Waals surface area contributed by atoms with Crippen LogP contribution in [0.3, 0.4) is 0 Å². The lowest BCUT2D eigenvalue weighted by molar-refractivity contribution is 0.101. The summed E-state index contributed by atoms with van der Waals surface area (Å²) in [4.78, 5) is 23.5. The first-order chi connectivity index (χ1) is 8.69. The third-order valence-electron chi connectivity index (χ3n) is 2.77. The SMILES string of the molecule is O=C(CCl)c1cccc2c(C(=O)CCl)cccc12. The Morgan fingerprint density at radius 3 is 1.50 bits per heavy atom. The van der Waals surface area contributed by atoms with Gasteiger partial charge in [0.2, 0.25) is 0 Å². The van der Waals surface area contributed by atoms with Crippen LogP contribution in [0, 0.1) is 0 Å². The van der Waals surface area contributed by atoms with Gasteiger partial charge >= 0.3 is 0 Å². The van der Waals surface area contributed by atoms with E-state index in [0.717, 1.165) is 10.8 Å². The lowest BCUT2D eigenvalue weighted by atomic mass is 9.97. The molecular formula is C14H10Cl2O2. The molecule has 0 aromatic heterocycles. The van der Waals surface area contributed by atoms with Gasteiger partial charge in [-0.15, -0.1) is 23.2 Å². The second kappa shape index (κ2) is 5.51. The minimum atomic E-state index is -0.155. The predicted octanol–water partition coefficient (Wildman–Crippen LogP) is 3.68. The highest BCUT2D eigenvalue weighted by Crippen LogP contribution is 2.23. The van der Waals surface area contributed by atoms with Gasteiger partial charge in [-0.05, 0) is 10.8 Å². The molecule has 0 heterocycles. The van der Waals surface area contributed by atoms with Crippen LogP contribution in [0.2, 0.25) is 0 Å². The van der Waals surface area contributed by atoms with Gasteiger partial charge in [0.05, 0.1) is 11.8 Å². The number of benzene rings is 2. The molecule has 0 N–H and O–H groups in total. The summed E-state index contributed by atoms with van der Waals surface area (Å²) in [5, 5.41) is 1.47. The molecule has 2 aromatic carbocycles. The summed E-state index contributed by atoms with van der Waals surface area (Å²) in [6, 6.07) is 10.5. The van der Waals surface area contributed by atoms with E-state index in [0.29, 0.717) is 11.1 Å². The number of Topliss-reactive ketones (excluding diaryl/α,β-unsaturated/α-hetero) is 2. The van der Waals surface area contributed by atoms with Gasteiger partial charge in [0, 0.05) is 11.1 Å². The van der Waals surface area contributed by atoms with E-state index in [1.165, 1.54) is 0 Å². The number of alkyl halides is 2. The topological polar surface area (TPSA) is 34.1 Å². The zero-order valence-electron chi connectivity index (χ0n) is 9.45. The standard InChI is InChI=1S/C14H10Cl2O2/c15-7-13(17)11-5-1-3-9-10(11)4-2-6-12(9)14(18)8-16/h1-6H,7-8H2. The van der Waals surface area contributed by atoms with Gasteiger partial charge in [0.25, 0.3) is 0 Å².